The molecule has 3 nitrogen and oxygen atoms in total. The molecule has 2 heterocycles. The van der Waals surface area contributed by atoms with Gasteiger partial charge in [0.25, 0.3) is 0 Å². The highest BCUT2D eigenvalue weighted by atomic mass is 19.4. The van der Waals surface area contributed by atoms with Crippen LogP contribution in [0, 0.1) is 5.92 Å². The van der Waals surface area contributed by atoms with Crippen LogP contribution in [-0.2, 0) is 11.0 Å². The Balaban J connectivity index is 1.66. The van der Waals surface area contributed by atoms with Crippen molar-refractivity contribution in [2.45, 2.75) is 50.7 Å². The number of carbonyl (C=O) groups excluding carboxylic acids is 1. The van der Waals surface area contributed by atoms with E-state index < -0.39 is 11.7 Å². The van der Waals surface area contributed by atoms with Crippen molar-refractivity contribution in [2.24, 2.45) is 5.92 Å². The largest absolute Gasteiger partial charge is 0.416 e. The van der Waals surface area contributed by atoms with Crippen LogP contribution in [0.3, 0.4) is 0 Å². The Labute approximate surface area is 146 Å². The molecule has 0 saturated carbocycles. The topological polar surface area (TPSA) is 32.3 Å². The number of nitrogens with one attached hydrogen (secondary N) is 1. The molecule has 2 aliphatic heterocycles. The number of likely N-dealkylation sites (tertiary alicyclic amines) is 1. The van der Waals surface area contributed by atoms with E-state index in [0.717, 1.165) is 62.9 Å². The second-order valence-corrected chi connectivity index (χ2v) is 7.12. The molecule has 1 aromatic carbocycles. The monoisotopic (exact) mass is 354 g/mol. The molecule has 0 spiro atoms. The molecule has 1 aromatic rings. The summed E-state index contributed by atoms with van der Waals surface area (Å²) >= 11 is 0. The zero-order valence-corrected chi connectivity index (χ0v) is 14.3. The maximum atomic E-state index is 12.7. The molecule has 2 unspecified atom stereocenters. The van der Waals surface area contributed by atoms with Gasteiger partial charge in [0.15, 0.2) is 0 Å². The van der Waals surface area contributed by atoms with E-state index in [1.165, 1.54) is 12.1 Å². The fourth-order valence-electron chi connectivity index (χ4n) is 3.90. The van der Waals surface area contributed by atoms with Crippen LogP contribution in [0.2, 0.25) is 0 Å². The van der Waals surface area contributed by atoms with Gasteiger partial charge in [-0.1, -0.05) is 12.1 Å². The first-order chi connectivity index (χ1) is 11.9. The van der Waals surface area contributed by atoms with Gasteiger partial charge in [0.2, 0.25) is 5.91 Å². The van der Waals surface area contributed by atoms with E-state index in [9.17, 15) is 18.0 Å². The van der Waals surface area contributed by atoms with Gasteiger partial charge in [-0.3, -0.25) is 4.79 Å². The highest BCUT2D eigenvalue weighted by Gasteiger charge is 2.32. The molecule has 0 aliphatic carbocycles. The van der Waals surface area contributed by atoms with Crippen LogP contribution in [0.1, 0.15) is 55.7 Å². The first-order valence-electron chi connectivity index (χ1n) is 9.12. The quantitative estimate of drug-likeness (QED) is 0.881. The van der Waals surface area contributed by atoms with Crippen LogP contribution < -0.4 is 5.32 Å². The number of hydrogen-bond donors (Lipinski definition) is 1. The second kappa shape index (κ2) is 7.77. The zero-order valence-electron chi connectivity index (χ0n) is 14.3. The second-order valence-electron chi connectivity index (χ2n) is 7.12. The summed E-state index contributed by atoms with van der Waals surface area (Å²) in [6.45, 7) is 2.71. The molecule has 138 valence electrons. The molecule has 3 rings (SSSR count). The highest BCUT2D eigenvalue weighted by molar-refractivity contribution is 5.76. The normalized spacial score (nSPS) is 24.5. The number of carbonyl (C=O) groups is 1. The number of amides is 1. The lowest BCUT2D eigenvalue weighted by molar-refractivity contribution is -0.138. The van der Waals surface area contributed by atoms with Crippen molar-refractivity contribution in [3.05, 3.63) is 35.4 Å². The SMILES string of the molecule is O=C(CCC1CCNC1)N1CCCCC1c1ccc(C(F)(F)F)cc1. The predicted molar refractivity (Wildman–Crippen MR) is 90.0 cm³/mol. The van der Waals surface area contributed by atoms with Crippen LogP contribution in [-0.4, -0.2) is 30.4 Å². The van der Waals surface area contributed by atoms with Gasteiger partial charge >= 0.3 is 6.18 Å². The smallest absolute Gasteiger partial charge is 0.336 e. The maximum Gasteiger partial charge on any atom is 0.416 e. The van der Waals surface area contributed by atoms with E-state index in [2.05, 4.69) is 5.32 Å². The summed E-state index contributed by atoms with van der Waals surface area (Å²) in [5, 5.41) is 3.31. The fourth-order valence-corrected chi connectivity index (χ4v) is 3.90. The minimum Gasteiger partial charge on any atom is -0.336 e. The van der Waals surface area contributed by atoms with Crippen LogP contribution in [0.5, 0.6) is 0 Å². The Morgan fingerprint density at radius 3 is 2.56 bits per heavy atom. The lowest BCUT2D eigenvalue weighted by Gasteiger charge is -2.36. The van der Waals surface area contributed by atoms with Crippen molar-refractivity contribution >= 4 is 5.91 Å². The molecular weight excluding hydrogens is 329 g/mol. The molecular formula is C19H25F3N2O. The lowest BCUT2D eigenvalue weighted by atomic mass is 9.93. The highest BCUT2D eigenvalue weighted by Crippen LogP contribution is 2.34. The molecule has 2 fully saturated rings. The van der Waals surface area contributed by atoms with Crippen molar-refractivity contribution < 1.29 is 18.0 Å². The van der Waals surface area contributed by atoms with Gasteiger partial charge < -0.3 is 10.2 Å². The lowest BCUT2D eigenvalue weighted by Crippen LogP contribution is -2.38. The summed E-state index contributed by atoms with van der Waals surface area (Å²) in [5.74, 6) is 0.703. The van der Waals surface area contributed by atoms with Crippen molar-refractivity contribution in [1.82, 2.24) is 10.2 Å². The fraction of sp³-hybridized carbons (Fsp3) is 0.632. The van der Waals surface area contributed by atoms with Crippen LogP contribution >= 0.6 is 0 Å². The third-order valence-corrected chi connectivity index (χ3v) is 5.37. The molecule has 0 radical (unpaired) electrons. The first kappa shape index (κ1) is 18.2. The van der Waals surface area contributed by atoms with Gasteiger partial charge in [0, 0.05) is 13.0 Å². The van der Waals surface area contributed by atoms with E-state index >= 15 is 0 Å². The molecule has 0 bridgehead atoms. The number of hydrogen-bond acceptors (Lipinski definition) is 2. The molecule has 2 aliphatic rings. The summed E-state index contributed by atoms with van der Waals surface area (Å²) in [5.41, 5.74) is 0.169. The van der Waals surface area contributed by atoms with Gasteiger partial charge in [-0.2, -0.15) is 13.2 Å². The number of alkyl halides is 3. The van der Waals surface area contributed by atoms with E-state index in [0.29, 0.717) is 18.9 Å². The number of nitrogens with zero attached hydrogens (tertiary/aromatic N) is 1. The Morgan fingerprint density at radius 2 is 1.92 bits per heavy atom. The van der Waals surface area contributed by atoms with Gasteiger partial charge in [-0.25, -0.2) is 0 Å². The molecule has 2 saturated heterocycles. The zero-order chi connectivity index (χ0) is 17.9. The van der Waals surface area contributed by atoms with Crippen LogP contribution in [0.25, 0.3) is 0 Å². The molecule has 1 amide bonds. The summed E-state index contributed by atoms with van der Waals surface area (Å²) in [6.07, 6.45) is 1.01. The molecule has 0 aromatic heterocycles. The minimum atomic E-state index is -4.32. The maximum absolute atomic E-state index is 12.7. The number of piperidine rings is 1. The number of halogens is 3. The summed E-state index contributed by atoms with van der Waals surface area (Å²) in [7, 11) is 0. The van der Waals surface area contributed by atoms with Crippen molar-refractivity contribution in [1.29, 1.82) is 0 Å². The summed E-state index contributed by atoms with van der Waals surface area (Å²) in [6, 6.07) is 5.21. The summed E-state index contributed by atoms with van der Waals surface area (Å²) < 4.78 is 38.2. The third kappa shape index (κ3) is 4.54. The molecule has 1 N–H and O–H groups in total. The van der Waals surface area contributed by atoms with Crippen molar-refractivity contribution in [2.75, 3.05) is 19.6 Å². The summed E-state index contributed by atoms with van der Waals surface area (Å²) in [4.78, 5) is 14.6. The van der Waals surface area contributed by atoms with E-state index in [1.54, 1.807) is 0 Å². The van der Waals surface area contributed by atoms with Crippen molar-refractivity contribution in [3.8, 4) is 0 Å². The predicted octanol–water partition coefficient (Wildman–Crippen LogP) is 4.15. The standard InChI is InChI=1S/C19H25F3N2O/c20-19(21,22)16-7-5-15(6-8-16)17-3-1-2-12-24(17)18(25)9-4-14-10-11-23-13-14/h5-8,14,17,23H,1-4,9-13H2. The molecule has 6 heteroatoms. The van der Waals surface area contributed by atoms with Crippen LogP contribution in [0.15, 0.2) is 24.3 Å². The number of rotatable bonds is 4. The van der Waals surface area contributed by atoms with E-state index in [-0.39, 0.29) is 11.9 Å². The van der Waals surface area contributed by atoms with Gasteiger partial charge in [-0.15, -0.1) is 0 Å². The Bertz CT molecular complexity index is 579. The minimum absolute atomic E-state index is 0.0924. The average molecular weight is 354 g/mol. The number of benzene rings is 1. The van der Waals surface area contributed by atoms with Gasteiger partial charge in [0.1, 0.15) is 0 Å². The third-order valence-electron chi connectivity index (χ3n) is 5.37. The Hall–Kier alpha value is -1.56. The average Bonchev–Trinajstić information content (AvgIpc) is 3.12. The van der Waals surface area contributed by atoms with Gasteiger partial charge in [-0.05, 0) is 68.8 Å². The Kier molecular flexibility index (Phi) is 5.67. The first-order valence-corrected chi connectivity index (χ1v) is 9.12. The van der Waals surface area contributed by atoms with E-state index in [1.807, 2.05) is 4.90 Å². The van der Waals surface area contributed by atoms with E-state index in [4.69, 9.17) is 0 Å². The van der Waals surface area contributed by atoms with Crippen LogP contribution in [0.4, 0.5) is 13.2 Å². The molecule has 2 atom stereocenters. The molecule has 25 heavy (non-hydrogen) atoms. The van der Waals surface area contributed by atoms with Crippen molar-refractivity contribution in [3.63, 3.8) is 0 Å². The van der Waals surface area contributed by atoms with Gasteiger partial charge in [0.05, 0.1) is 11.6 Å². The Morgan fingerprint density at radius 1 is 1.16 bits per heavy atom.